The van der Waals surface area contributed by atoms with Gasteiger partial charge in [-0.3, -0.25) is 0 Å². The molecule has 1 unspecified atom stereocenters. The van der Waals surface area contributed by atoms with Crippen LogP contribution in [0.3, 0.4) is 0 Å². The largest absolute Gasteiger partial charge is 0.372 e. The molecule has 13 heavy (non-hydrogen) atoms. The van der Waals surface area contributed by atoms with Crippen molar-refractivity contribution in [2.75, 3.05) is 26.2 Å². The third-order valence-corrected chi connectivity index (χ3v) is 3.78. The van der Waals surface area contributed by atoms with E-state index in [4.69, 9.17) is 4.74 Å². The van der Waals surface area contributed by atoms with Gasteiger partial charge in [0, 0.05) is 6.54 Å². The first-order chi connectivity index (χ1) is 6.22. The molecule has 2 rings (SSSR count). The second kappa shape index (κ2) is 3.58. The molecule has 0 aromatic heterocycles. The number of ether oxygens (including phenoxy) is 1. The minimum Gasteiger partial charge on any atom is -0.372 e. The molecule has 2 nitrogen and oxygen atoms in total. The normalized spacial score (nSPS) is 33.2. The van der Waals surface area contributed by atoms with E-state index in [0.29, 0.717) is 11.5 Å². The van der Waals surface area contributed by atoms with E-state index in [0.717, 1.165) is 6.61 Å². The summed E-state index contributed by atoms with van der Waals surface area (Å²) in [6.45, 7) is 9.49. The number of piperidine rings is 1. The average Bonchev–Trinajstić information content (AvgIpc) is 2.93. The summed E-state index contributed by atoms with van der Waals surface area (Å²) in [7, 11) is 0. The number of rotatable bonds is 3. The number of hydrogen-bond acceptors (Lipinski definition) is 2. The molecule has 2 aliphatic rings. The van der Waals surface area contributed by atoms with Crippen molar-refractivity contribution < 1.29 is 4.74 Å². The van der Waals surface area contributed by atoms with Gasteiger partial charge in [0.25, 0.3) is 0 Å². The summed E-state index contributed by atoms with van der Waals surface area (Å²) in [5.74, 6) is 0. The molecule has 0 bridgehead atoms. The van der Waals surface area contributed by atoms with Crippen molar-refractivity contribution in [3.05, 3.63) is 0 Å². The molecule has 0 spiro atoms. The highest BCUT2D eigenvalue weighted by molar-refractivity contribution is 4.84. The van der Waals surface area contributed by atoms with Crippen molar-refractivity contribution in [2.45, 2.75) is 39.2 Å². The Morgan fingerprint density at radius 2 is 2.00 bits per heavy atom. The van der Waals surface area contributed by atoms with E-state index < -0.39 is 0 Å². The molecule has 2 saturated heterocycles. The van der Waals surface area contributed by atoms with Crippen LogP contribution in [0, 0.1) is 5.41 Å². The maximum absolute atomic E-state index is 5.25. The van der Waals surface area contributed by atoms with E-state index in [1.807, 2.05) is 0 Å². The minimum atomic E-state index is 0.575. The molecular formula is C11H21NO. The van der Waals surface area contributed by atoms with Crippen LogP contribution in [-0.2, 0) is 4.74 Å². The zero-order valence-electron chi connectivity index (χ0n) is 8.88. The molecule has 0 radical (unpaired) electrons. The highest BCUT2D eigenvalue weighted by atomic mass is 16.6. The quantitative estimate of drug-likeness (QED) is 0.621. The highest BCUT2D eigenvalue weighted by Gasteiger charge is 2.31. The lowest BCUT2D eigenvalue weighted by Crippen LogP contribution is -2.40. The fourth-order valence-corrected chi connectivity index (χ4v) is 2.09. The van der Waals surface area contributed by atoms with Crippen molar-refractivity contribution in [3.8, 4) is 0 Å². The molecule has 2 aliphatic heterocycles. The van der Waals surface area contributed by atoms with Crippen LogP contribution in [0.15, 0.2) is 0 Å². The van der Waals surface area contributed by atoms with Gasteiger partial charge in [-0.15, -0.1) is 0 Å². The second-order valence-electron chi connectivity index (χ2n) is 4.92. The van der Waals surface area contributed by atoms with Crippen molar-refractivity contribution in [1.29, 1.82) is 0 Å². The summed E-state index contributed by atoms with van der Waals surface area (Å²) in [6, 6.07) is 0. The number of hydrogen-bond donors (Lipinski definition) is 0. The lowest BCUT2D eigenvalue weighted by molar-refractivity contribution is 0.108. The maximum Gasteiger partial charge on any atom is 0.0936 e. The Morgan fingerprint density at radius 1 is 1.38 bits per heavy atom. The molecule has 0 aromatic carbocycles. The van der Waals surface area contributed by atoms with E-state index in [1.54, 1.807) is 0 Å². The average molecular weight is 183 g/mol. The van der Waals surface area contributed by atoms with Gasteiger partial charge >= 0.3 is 0 Å². The molecular weight excluding hydrogens is 162 g/mol. The van der Waals surface area contributed by atoms with Crippen LogP contribution in [0.5, 0.6) is 0 Å². The molecule has 2 fully saturated rings. The van der Waals surface area contributed by atoms with Crippen LogP contribution in [0.2, 0.25) is 0 Å². The topological polar surface area (TPSA) is 15.8 Å². The molecule has 2 heterocycles. The van der Waals surface area contributed by atoms with Gasteiger partial charge in [-0.05, 0) is 31.3 Å². The zero-order valence-corrected chi connectivity index (χ0v) is 8.88. The zero-order chi connectivity index (χ0) is 9.31. The van der Waals surface area contributed by atoms with Crippen LogP contribution < -0.4 is 0 Å². The molecule has 0 aromatic rings. The number of epoxide rings is 1. The van der Waals surface area contributed by atoms with E-state index >= 15 is 0 Å². The Balaban J connectivity index is 1.74. The maximum atomic E-state index is 5.25. The van der Waals surface area contributed by atoms with Crippen LogP contribution in [0.4, 0.5) is 0 Å². The molecule has 0 saturated carbocycles. The molecule has 76 valence electrons. The molecule has 0 amide bonds. The third-order valence-electron chi connectivity index (χ3n) is 3.78. The SMILES string of the molecule is CCC1(C)CCN(CC2CO2)CC1. The van der Waals surface area contributed by atoms with Crippen molar-refractivity contribution in [1.82, 2.24) is 4.90 Å². The van der Waals surface area contributed by atoms with Gasteiger partial charge in [0.2, 0.25) is 0 Å². The van der Waals surface area contributed by atoms with E-state index in [1.165, 1.54) is 38.9 Å². The second-order valence-corrected chi connectivity index (χ2v) is 4.92. The lowest BCUT2D eigenvalue weighted by atomic mass is 9.78. The monoisotopic (exact) mass is 183 g/mol. The first-order valence-corrected chi connectivity index (χ1v) is 5.56. The van der Waals surface area contributed by atoms with Gasteiger partial charge in [0.15, 0.2) is 0 Å². The van der Waals surface area contributed by atoms with Crippen LogP contribution in [0.25, 0.3) is 0 Å². The van der Waals surface area contributed by atoms with Gasteiger partial charge in [-0.25, -0.2) is 0 Å². The summed E-state index contributed by atoms with van der Waals surface area (Å²) in [4.78, 5) is 2.56. The standard InChI is InChI=1S/C11H21NO/c1-3-11(2)4-6-12(7-5-11)8-10-9-13-10/h10H,3-9H2,1-2H3. The minimum absolute atomic E-state index is 0.575. The number of likely N-dealkylation sites (tertiary alicyclic amines) is 1. The van der Waals surface area contributed by atoms with Crippen LogP contribution in [-0.4, -0.2) is 37.2 Å². The fourth-order valence-electron chi connectivity index (χ4n) is 2.09. The third kappa shape index (κ3) is 2.44. The summed E-state index contributed by atoms with van der Waals surface area (Å²) < 4.78 is 5.25. The molecule has 0 aliphatic carbocycles. The predicted molar refractivity (Wildman–Crippen MR) is 53.8 cm³/mol. The van der Waals surface area contributed by atoms with Crippen molar-refractivity contribution in [3.63, 3.8) is 0 Å². The van der Waals surface area contributed by atoms with Crippen molar-refractivity contribution >= 4 is 0 Å². The van der Waals surface area contributed by atoms with E-state index in [2.05, 4.69) is 18.7 Å². The van der Waals surface area contributed by atoms with E-state index in [9.17, 15) is 0 Å². The summed E-state index contributed by atoms with van der Waals surface area (Å²) >= 11 is 0. The Morgan fingerprint density at radius 3 is 2.46 bits per heavy atom. The summed E-state index contributed by atoms with van der Waals surface area (Å²) in [6.07, 6.45) is 4.65. The Kier molecular flexibility index (Phi) is 2.61. The molecule has 1 atom stereocenters. The van der Waals surface area contributed by atoms with Gasteiger partial charge in [0.1, 0.15) is 0 Å². The summed E-state index contributed by atoms with van der Waals surface area (Å²) in [5, 5.41) is 0. The smallest absolute Gasteiger partial charge is 0.0936 e. The Labute approximate surface area is 81.3 Å². The Bertz CT molecular complexity index is 169. The first-order valence-electron chi connectivity index (χ1n) is 5.56. The summed E-state index contributed by atoms with van der Waals surface area (Å²) in [5.41, 5.74) is 0.626. The fraction of sp³-hybridized carbons (Fsp3) is 1.00. The lowest BCUT2D eigenvalue weighted by Gasteiger charge is -2.38. The van der Waals surface area contributed by atoms with Gasteiger partial charge < -0.3 is 9.64 Å². The predicted octanol–water partition coefficient (Wildman–Crippen LogP) is 1.90. The highest BCUT2D eigenvalue weighted by Crippen LogP contribution is 2.34. The Hall–Kier alpha value is -0.0800. The first kappa shape index (κ1) is 9.47. The molecule has 0 N–H and O–H groups in total. The van der Waals surface area contributed by atoms with Gasteiger partial charge in [0.05, 0.1) is 12.7 Å². The van der Waals surface area contributed by atoms with Crippen LogP contribution >= 0.6 is 0 Å². The van der Waals surface area contributed by atoms with Crippen LogP contribution in [0.1, 0.15) is 33.1 Å². The van der Waals surface area contributed by atoms with Gasteiger partial charge in [-0.1, -0.05) is 20.3 Å². The van der Waals surface area contributed by atoms with Gasteiger partial charge in [-0.2, -0.15) is 0 Å². The van der Waals surface area contributed by atoms with Crippen molar-refractivity contribution in [2.24, 2.45) is 5.41 Å². The number of nitrogens with zero attached hydrogens (tertiary/aromatic N) is 1. The van der Waals surface area contributed by atoms with E-state index in [-0.39, 0.29) is 0 Å². The molecule has 2 heteroatoms.